The number of amides is 1. The number of terminal acetylenes is 1. The zero-order valence-electron chi connectivity index (χ0n) is 12.9. The number of benzene rings is 1. The molecule has 21 heavy (non-hydrogen) atoms. The first-order valence-corrected chi connectivity index (χ1v) is 7.30. The van der Waals surface area contributed by atoms with Crippen molar-refractivity contribution in [3.63, 3.8) is 0 Å². The number of rotatable bonds is 9. The Hall–Kier alpha value is -1.83. The molecular weight excluding hydrogens is 262 g/mol. The minimum Gasteiger partial charge on any atom is -0.344 e. The topological polar surface area (TPSA) is 44.4 Å². The molecule has 1 rings (SSSR count). The summed E-state index contributed by atoms with van der Waals surface area (Å²) in [4.78, 5) is 13.9. The molecule has 0 radical (unpaired) electrons. The Labute approximate surface area is 127 Å². The first-order valence-electron chi connectivity index (χ1n) is 7.30. The summed E-state index contributed by atoms with van der Waals surface area (Å²) < 4.78 is 0. The Morgan fingerprint density at radius 3 is 2.76 bits per heavy atom. The Morgan fingerprint density at radius 1 is 1.38 bits per heavy atom. The minimum atomic E-state index is -0.210. The second-order valence-corrected chi connectivity index (χ2v) is 5.17. The fraction of sp³-hybridized carbons (Fsp3) is 0.471. The van der Waals surface area contributed by atoms with E-state index in [1.807, 2.05) is 13.0 Å². The normalized spacial score (nSPS) is 11.9. The van der Waals surface area contributed by atoms with Crippen LogP contribution in [-0.2, 0) is 11.3 Å². The molecule has 1 amide bonds. The average Bonchev–Trinajstić information content (AvgIpc) is 2.49. The van der Waals surface area contributed by atoms with E-state index in [4.69, 9.17) is 6.42 Å². The highest BCUT2D eigenvalue weighted by Crippen LogP contribution is 2.02. The predicted octanol–water partition coefficient (Wildman–Crippen LogP) is 1.24. The van der Waals surface area contributed by atoms with Crippen molar-refractivity contribution in [2.24, 2.45) is 0 Å². The number of hydrogen-bond donors (Lipinski definition) is 2. The van der Waals surface area contributed by atoms with E-state index in [0.717, 1.165) is 26.1 Å². The summed E-state index contributed by atoms with van der Waals surface area (Å²) in [7, 11) is 2.11. The fourth-order valence-electron chi connectivity index (χ4n) is 2.03. The lowest BCUT2D eigenvalue weighted by Crippen LogP contribution is -2.43. The standard InChI is InChI=1S/C17H25N3O/c1-4-11-19-17(21)15(2)18-12-8-13-20(3)14-16-9-6-5-7-10-16/h1,5-7,9-10,15,18H,8,11-14H2,2-3H3,(H,19,21). The zero-order valence-corrected chi connectivity index (χ0v) is 12.9. The van der Waals surface area contributed by atoms with Crippen LogP contribution in [0.15, 0.2) is 30.3 Å². The van der Waals surface area contributed by atoms with Gasteiger partial charge in [-0.1, -0.05) is 36.3 Å². The third-order valence-electron chi connectivity index (χ3n) is 3.22. The number of nitrogens with zero attached hydrogens (tertiary/aromatic N) is 1. The molecule has 2 N–H and O–H groups in total. The van der Waals surface area contributed by atoms with Crippen molar-refractivity contribution in [2.45, 2.75) is 25.9 Å². The van der Waals surface area contributed by atoms with Crippen LogP contribution < -0.4 is 10.6 Å². The van der Waals surface area contributed by atoms with Crippen LogP contribution >= 0.6 is 0 Å². The smallest absolute Gasteiger partial charge is 0.237 e. The number of nitrogens with one attached hydrogen (secondary N) is 2. The Kier molecular flexibility index (Phi) is 8.18. The van der Waals surface area contributed by atoms with E-state index in [1.54, 1.807) is 0 Å². The van der Waals surface area contributed by atoms with E-state index in [-0.39, 0.29) is 18.5 Å². The van der Waals surface area contributed by atoms with Gasteiger partial charge in [0.2, 0.25) is 5.91 Å². The van der Waals surface area contributed by atoms with Crippen molar-refractivity contribution in [1.29, 1.82) is 0 Å². The molecular formula is C17H25N3O. The van der Waals surface area contributed by atoms with Gasteiger partial charge in [0.25, 0.3) is 0 Å². The summed E-state index contributed by atoms with van der Waals surface area (Å²) in [6.07, 6.45) is 6.10. The van der Waals surface area contributed by atoms with Crippen molar-refractivity contribution in [1.82, 2.24) is 15.5 Å². The highest BCUT2D eigenvalue weighted by atomic mass is 16.2. The third kappa shape index (κ3) is 7.50. The van der Waals surface area contributed by atoms with Gasteiger partial charge < -0.3 is 15.5 Å². The van der Waals surface area contributed by atoms with Gasteiger partial charge in [0.1, 0.15) is 0 Å². The molecule has 0 fully saturated rings. The van der Waals surface area contributed by atoms with Gasteiger partial charge in [0.15, 0.2) is 0 Å². The van der Waals surface area contributed by atoms with Crippen LogP contribution in [0.4, 0.5) is 0 Å². The lowest BCUT2D eigenvalue weighted by atomic mass is 10.2. The van der Waals surface area contributed by atoms with E-state index in [1.165, 1.54) is 5.56 Å². The van der Waals surface area contributed by atoms with Crippen molar-refractivity contribution >= 4 is 5.91 Å². The van der Waals surface area contributed by atoms with E-state index in [9.17, 15) is 4.79 Å². The lowest BCUT2D eigenvalue weighted by Gasteiger charge is -2.18. The quantitative estimate of drug-likeness (QED) is 0.530. The maximum Gasteiger partial charge on any atom is 0.237 e. The van der Waals surface area contributed by atoms with Gasteiger partial charge in [0.05, 0.1) is 12.6 Å². The second kappa shape index (κ2) is 9.98. The predicted molar refractivity (Wildman–Crippen MR) is 86.7 cm³/mol. The number of hydrogen-bond acceptors (Lipinski definition) is 3. The molecule has 4 nitrogen and oxygen atoms in total. The molecule has 1 atom stereocenters. The van der Waals surface area contributed by atoms with Crippen LogP contribution in [-0.4, -0.2) is 43.5 Å². The Balaban J connectivity index is 2.13. The van der Waals surface area contributed by atoms with Gasteiger partial charge in [-0.3, -0.25) is 4.79 Å². The highest BCUT2D eigenvalue weighted by Gasteiger charge is 2.10. The summed E-state index contributed by atoms with van der Waals surface area (Å²) in [6, 6.07) is 10.2. The van der Waals surface area contributed by atoms with Gasteiger partial charge in [-0.15, -0.1) is 6.42 Å². The summed E-state index contributed by atoms with van der Waals surface area (Å²) in [5, 5.41) is 5.87. The molecule has 1 aromatic rings. The van der Waals surface area contributed by atoms with Crippen LogP contribution in [0.1, 0.15) is 18.9 Å². The van der Waals surface area contributed by atoms with Crippen LogP contribution in [0, 0.1) is 12.3 Å². The van der Waals surface area contributed by atoms with Gasteiger partial charge in [-0.25, -0.2) is 0 Å². The minimum absolute atomic E-state index is 0.0504. The maximum absolute atomic E-state index is 11.6. The van der Waals surface area contributed by atoms with Crippen LogP contribution in [0.5, 0.6) is 0 Å². The van der Waals surface area contributed by atoms with E-state index in [2.05, 4.69) is 52.8 Å². The van der Waals surface area contributed by atoms with Gasteiger partial charge >= 0.3 is 0 Å². The summed E-state index contributed by atoms with van der Waals surface area (Å²) in [5.74, 6) is 2.34. The van der Waals surface area contributed by atoms with Crippen LogP contribution in [0.3, 0.4) is 0 Å². The summed E-state index contributed by atoms with van der Waals surface area (Å²) in [5.41, 5.74) is 1.31. The SMILES string of the molecule is C#CCNC(=O)C(C)NCCCN(C)Cc1ccccc1. The molecule has 0 heterocycles. The number of carbonyl (C=O) groups excluding carboxylic acids is 1. The second-order valence-electron chi connectivity index (χ2n) is 5.17. The van der Waals surface area contributed by atoms with E-state index >= 15 is 0 Å². The monoisotopic (exact) mass is 287 g/mol. The molecule has 1 aromatic carbocycles. The van der Waals surface area contributed by atoms with Crippen LogP contribution in [0.2, 0.25) is 0 Å². The molecule has 0 aliphatic rings. The van der Waals surface area contributed by atoms with Crippen molar-refractivity contribution in [3.8, 4) is 12.3 Å². The largest absolute Gasteiger partial charge is 0.344 e. The molecule has 114 valence electrons. The van der Waals surface area contributed by atoms with Gasteiger partial charge in [0, 0.05) is 6.54 Å². The van der Waals surface area contributed by atoms with Crippen LogP contribution in [0.25, 0.3) is 0 Å². The molecule has 0 aliphatic carbocycles. The van der Waals surface area contributed by atoms with E-state index < -0.39 is 0 Å². The van der Waals surface area contributed by atoms with Gasteiger partial charge in [-0.2, -0.15) is 0 Å². The van der Waals surface area contributed by atoms with Crippen molar-refractivity contribution in [3.05, 3.63) is 35.9 Å². The van der Waals surface area contributed by atoms with Gasteiger partial charge in [-0.05, 0) is 39.0 Å². The number of carbonyl (C=O) groups is 1. The first kappa shape index (κ1) is 17.2. The third-order valence-corrected chi connectivity index (χ3v) is 3.22. The zero-order chi connectivity index (χ0) is 15.5. The molecule has 0 saturated carbocycles. The molecule has 1 unspecified atom stereocenters. The highest BCUT2D eigenvalue weighted by molar-refractivity contribution is 5.81. The average molecular weight is 287 g/mol. The summed E-state index contributed by atoms with van der Waals surface area (Å²) >= 11 is 0. The molecule has 4 heteroatoms. The molecule has 0 aliphatic heterocycles. The molecule has 0 saturated heterocycles. The fourth-order valence-corrected chi connectivity index (χ4v) is 2.03. The molecule has 0 spiro atoms. The maximum atomic E-state index is 11.6. The van der Waals surface area contributed by atoms with E-state index in [0.29, 0.717) is 0 Å². The Morgan fingerprint density at radius 2 is 2.10 bits per heavy atom. The first-order chi connectivity index (χ1) is 10.1. The van der Waals surface area contributed by atoms with Crippen molar-refractivity contribution < 1.29 is 4.79 Å². The lowest BCUT2D eigenvalue weighted by molar-refractivity contribution is -0.122. The van der Waals surface area contributed by atoms with Crippen molar-refractivity contribution in [2.75, 3.05) is 26.7 Å². The molecule has 0 aromatic heterocycles. The summed E-state index contributed by atoms with van der Waals surface area (Å²) in [6.45, 7) is 4.87. The Bertz CT molecular complexity index is 453. The molecule has 0 bridgehead atoms.